The van der Waals surface area contributed by atoms with Crippen LogP contribution in [0.15, 0.2) is 18.2 Å². The summed E-state index contributed by atoms with van der Waals surface area (Å²) in [6, 6.07) is 4.80. The fourth-order valence-electron chi connectivity index (χ4n) is 2.57. The number of carboxylic acids is 1. The molecule has 1 heterocycles. The second-order valence-electron chi connectivity index (χ2n) is 5.36. The molecule has 1 aliphatic rings. The first-order chi connectivity index (χ1) is 10.7. The highest BCUT2D eigenvalue weighted by atomic mass is 35.5. The molecule has 1 aliphatic heterocycles. The van der Waals surface area contributed by atoms with Gasteiger partial charge in [-0.15, -0.1) is 0 Å². The van der Waals surface area contributed by atoms with E-state index in [-0.39, 0.29) is 41.7 Å². The summed E-state index contributed by atoms with van der Waals surface area (Å²) < 4.78 is 31.4. The lowest BCUT2D eigenvalue weighted by Crippen LogP contribution is -2.52. The van der Waals surface area contributed by atoms with E-state index in [9.17, 15) is 18.3 Å². The Morgan fingerprint density at radius 2 is 1.83 bits per heavy atom. The number of nitrogens with zero attached hydrogens (tertiary/aromatic N) is 1. The van der Waals surface area contributed by atoms with E-state index in [0.29, 0.717) is 5.56 Å². The molecule has 6 nitrogen and oxygen atoms in total. The van der Waals surface area contributed by atoms with Crippen LogP contribution in [0.5, 0.6) is 0 Å². The van der Waals surface area contributed by atoms with Crippen LogP contribution in [-0.4, -0.2) is 49.6 Å². The van der Waals surface area contributed by atoms with Crippen LogP contribution >= 0.6 is 23.2 Å². The second kappa shape index (κ2) is 6.94. The van der Waals surface area contributed by atoms with E-state index in [0.717, 1.165) is 0 Å². The molecule has 0 spiro atoms. The van der Waals surface area contributed by atoms with Crippen molar-refractivity contribution in [1.29, 1.82) is 0 Å². The Hall–Kier alpha value is -0.860. The van der Waals surface area contributed by atoms with Gasteiger partial charge in [-0.2, -0.15) is 0 Å². The molecule has 1 saturated heterocycles. The van der Waals surface area contributed by atoms with Crippen LogP contribution in [0.25, 0.3) is 0 Å². The fraction of sp³-hybridized carbons (Fsp3) is 0.500. The lowest BCUT2D eigenvalue weighted by atomic mass is 9.92. The topological polar surface area (TPSA) is 83.9 Å². The fourth-order valence-corrected chi connectivity index (χ4v) is 4.86. The van der Waals surface area contributed by atoms with Crippen LogP contribution in [0.4, 0.5) is 0 Å². The van der Waals surface area contributed by atoms with Crippen molar-refractivity contribution in [2.45, 2.75) is 24.2 Å². The van der Waals surface area contributed by atoms with Gasteiger partial charge in [0, 0.05) is 48.6 Å². The third kappa shape index (κ3) is 3.80. The second-order valence-corrected chi connectivity index (χ2v) is 8.14. The van der Waals surface area contributed by atoms with Gasteiger partial charge in [0.1, 0.15) is 0 Å². The van der Waals surface area contributed by atoms with Crippen molar-refractivity contribution in [3.05, 3.63) is 33.8 Å². The van der Waals surface area contributed by atoms with E-state index in [1.165, 1.54) is 11.4 Å². The number of sulfonamides is 1. The Labute approximate surface area is 145 Å². The zero-order valence-corrected chi connectivity index (χ0v) is 14.8. The Bertz CT molecular complexity index is 679. The molecule has 1 aromatic carbocycles. The SMILES string of the molecule is COC1(C(=O)O)CCN(S(=O)(=O)Cc2c(Cl)cccc2Cl)CC1. The Morgan fingerprint density at radius 3 is 2.26 bits per heavy atom. The monoisotopic (exact) mass is 381 g/mol. The highest BCUT2D eigenvalue weighted by molar-refractivity contribution is 7.88. The summed E-state index contributed by atoms with van der Waals surface area (Å²) >= 11 is 12.0. The van der Waals surface area contributed by atoms with E-state index >= 15 is 0 Å². The van der Waals surface area contributed by atoms with Crippen LogP contribution in [0.1, 0.15) is 18.4 Å². The average Bonchev–Trinajstić information content (AvgIpc) is 2.51. The van der Waals surface area contributed by atoms with Crippen LogP contribution in [-0.2, 0) is 25.3 Å². The molecular formula is C14H17Cl2NO5S. The molecule has 9 heteroatoms. The largest absolute Gasteiger partial charge is 0.479 e. The summed E-state index contributed by atoms with van der Waals surface area (Å²) in [5, 5.41) is 9.83. The van der Waals surface area contributed by atoms with Crippen molar-refractivity contribution in [3.63, 3.8) is 0 Å². The summed E-state index contributed by atoms with van der Waals surface area (Å²) in [6.07, 6.45) is 0.183. The molecular weight excluding hydrogens is 365 g/mol. The normalized spacial score (nSPS) is 18.7. The molecule has 0 aliphatic carbocycles. The molecule has 1 fully saturated rings. The first-order valence-corrected chi connectivity index (χ1v) is 9.27. The lowest BCUT2D eigenvalue weighted by molar-refractivity contribution is -0.166. The molecule has 0 saturated carbocycles. The molecule has 0 bridgehead atoms. The maximum atomic E-state index is 12.5. The number of carbonyl (C=O) groups is 1. The lowest BCUT2D eigenvalue weighted by Gasteiger charge is -2.37. The molecule has 2 rings (SSSR count). The number of ether oxygens (including phenoxy) is 1. The predicted molar refractivity (Wildman–Crippen MR) is 87.3 cm³/mol. The molecule has 0 unspecified atom stereocenters. The molecule has 0 radical (unpaired) electrons. The minimum atomic E-state index is -3.65. The van der Waals surface area contributed by atoms with Crippen LogP contribution in [0.3, 0.4) is 0 Å². The zero-order chi connectivity index (χ0) is 17.3. The number of carboxylic acid groups (broad SMARTS) is 1. The molecule has 0 amide bonds. The summed E-state index contributed by atoms with van der Waals surface area (Å²) in [6.45, 7) is 0.148. The van der Waals surface area contributed by atoms with Crippen molar-refractivity contribution in [2.75, 3.05) is 20.2 Å². The number of aliphatic carboxylic acids is 1. The van der Waals surface area contributed by atoms with Crippen molar-refractivity contribution in [3.8, 4) is 0 Å². The van der Waals surface area contributed by atoms with Gasteiger partial charge in [0.05, 0.1) is 5.75 Å². The number of benzene rings is 1. The summed E-state index contributed by atoms with van der Waals surface area (Å²) in [4.78, 5) is 11.3. The third-order valence-corrected chi connectivity index (χ3v) is 6.61. The highest BCUT2D eigenvalue weighted by Crippen LogP contribution is 2.31. The predicted octanol–water partition coefficient (Wildman–Crippen LogP) is 2.39. The Morgan fingerprint density at radius 1 is 1.30 bits per heavy atom. The van der Waals surface area contributed by atoms with Crippen molar-refractivity contribution < 1.29 is 23.1 Å². The highest BCUT2D eigenvalue weighted by Gasteiger charge is 2.44. The minimum absolute atomic E-state index is 0.0740. The van der Waals surface area contributed by atoms with Gasteiger partial charge >= 0.3 is 5.97 Å². The standard InChI is InChI=1S/C14H17Cl2NO5S/c1-22-14(13(18)19)5-7-17(8-6-14)23(20,21)9-10-11(15)3-2-4-12(10)16/h2-4H,5-9H2,1H3,(H,18,19). The van der Waals surface area contributed by atoms with E-state index in [2.05, 4.69) is 0 Å². The maximum Gasteiger partial charge on any atom is 0.336 e. The van der Waals surface area contributed by atoms with Crippen LogP contribution in [0, 0.1) is 0 Å². The Balaban J connectivity index is 2.15. The number of hydrogen-bond acceptors (Lipinski definition) is 4. The van der Waals surface area contributed by atoms with E-state index < -0.39 is 21.6 Å². The van der Waals surface area contributed by atoms with Crippen molar-refractivity contribution in [2.24, 2.45) is 0 Å². The van der Waals surface area contributed by atoms with Gasteiger partial charge in [-0.05, 0) is 12.1 Å². The van der Waals surface area contributed by atoms with Crippen molar-refractivity contribution >= 4 is 39.2 Å². The molecule has 23 heavy (non-hydrogen) atoms. The molecule has 0 aromatic heterocycles. The number of hydrogen-bond donors (Lipinski definition) is 1. The van der Waals surface area contributed by atoms with E-state index in [1.54, 1.807) is 18.2 Å². The average molecular weight is 382 g/mol. The van der Waals surface area contributed by atoms with Gasteiger partial charge in [0.25, 0.3) is 0 Å². The molecule has 128 valence electrons. The first kappa shape index (κ1) is 18.5. The van der Waals surface area contributed by atoms with Gasteiger partial charge < -0.3 is 9.84 Å². The zero-order valence-electron chi connectivity index (χ0n) is 12.5. The molecule has 1 N–H and O–H groups in total. The van der Waals surface area contributed by atoms with Gasteiger partial charge in [0.2, 0.25) is 10.0 Å². The quantitative estimate of drug-likeness (QED) is 0.846. The van der Waals surface area contributed by atoms with Gasteiger partial charge in [-0.1, -0.05) is 29.3 Å². The smallest absolute Gasteiger partial charge is 0.336 e. The van der Waals surface area contributed by atoms with Crippen molar-refractivity contribution in [1.82, 2.24) is 4.31 Å². The van der Waals surface area contributed by atoms with Crippen LogP contribution < -0.4 is 0 Å². The number of rotatable bonds is 5. The number of piperidine rings is 1. The minimum Gasteiger partial charge on any atom is -0.479 e. The molecule has 1 aromatic rings. The summed E-state index contributed by atoms with van der Waals surface area (Å²) in [5.41, 5.74) is -0.980. The number of halogens is 2. The van der Waals surface area contributed by atoms with E-state index in [1.807, 2.05) is 0 Å². The molecule has 0 atom stereocenters. The Kier molecular flexibility index (Phi) is 5.58. The van der Waals surface area contributed by atoms with Gasteiger partial charge in [-0.3, -0.25) is 0 Å². The first-order valence-electron chi connectivity index (χ1n) is 6.91. The third-order valence-electron chi connectivity index (χ3n) is 4.09. The number of methoxy groups -OCH3 is 1. The van der Waals surface area contributed by atoms with Gasteiger partial charge in [0.15, 0.2) is 5.60 Å². The maximum absolute atomic E-state index is 12.5. The summed E-state index contributed by atoms with van der Waals surface area (Å²) in [7, 11) is -2.33. The van der Waals surface area contributed by atoms with E-state index in [4.69, 9.17) is 27.9 Å². The van der Waals surface area contributed by atoms with Gasteiger partial charge in [-0.25, -0.2) is 17.5 Å². The summed E-state index contributed by atoms with van der Waals surface area (Å²) in [5.74, 6) is -1.40. The van der Waals surface area contributed by atoms with Crippen LogP contribution in [0.2, 0.25) is 10.0 Å².